The predicted octanol–water partition coefficient (Wildman–Crippen LogP) is 2.24. The Kier molecular flexibility index (Phi) is 3.85. The number of Topliss-reactive ketones (excluding diaryl/α,β-unsaturated/α-hetero) is 1. The lowest BCUT2D eigenvalue weighted by Gasteiger charge is -2.01. The zero-order chi connectivity index (χ0) is 10.4. The van der Waals surface area contributed by atoms with Gasteiger partial charge in [0.1, 0.15) is 0 Å². The number of benzene rings is 1. The van der Waals surface area contributed by atoms with E-state index >= 15 is 0 Å². The third-order valence-electron chi connectivity index (χ3n) is 1.78. The fourth-order valence-corrected chi connectivity index (χ4v) is 1.06. The van der Waals surface area contributed by atoms with E-state index in [0.717, 1.165) is 12.1 Å². The molecule has 0 atom stereocenters. The number of nitrogens with one attached hydrogen (secondary N) is 1. The Bertz CT molecular complexity index is 345. The Morgan fingerprint density at radius 2 is 2.36 bits per heavy atom. The second kappa shape index (κ2) is 5.17. The third-order valence-corrected chi connectivity index (χ3v) is 1.78. The van der Waals surface area contributed by atoms with Gasteiger partial charge in [-0.15, -0.1) is 0 Å². The number of nitrogens with zero attached hydrogens (tertiary/aromatic N) is 1. The highest BCUT2D eigenvalue weighted by Crippen LogP contribution is 2.10. The van der Waals surface area contributed by atoms with Crippen LogP contribution in [0.4, 0.5) is 5.69 Å². The van der Waals surface area contributed by atoms with Gasteiger partial charge < -0.3 is 0 Å². The average molecular weight is 190 g/mol. The van der Waals surface area contributed by atoms with E-state index in [9.17, 15) is 4.79 Å². The van der Waals surface area contributed by atoms with Crippen LogP contribution in [-0.4, -0.2) is 12.0 Å². The van der Waals surface area contributed by atoms with E-state index in [1.165, 1.54) is 18.7 Å². The van der Waals surface area contributed by atoms with Crippen molar-refractivity contribution in [3.63, 3.8) is 0 Å². The molecule has 0 aliphatic rings. The normalized spacial score (nSPS) is 10.4. The van der Waals surface area contributed by atoms with E-state index in [-0.39, 0.29) is 5.78 Å². The average Bonchev–Trinajstić information content (AvgIpc) is 2.18. The number of rotatable bonds is 4. The molecule has 1 aromatic rings. The maximum absolute atomic E-state index is 10.6. The number of hydrogen-bond donors (Lipinski definition) is 1. The molecule has 0 spiro atoms. The van der Waals surface area contributed by atoms with Gasteiger partial charge in [0.25, 0.3) is 0 Å². The Balaban J connectivity index is 2.63. The second-order valence-corrected chi connectivity index (χ2v) is 3.03. The van der Waals surface area contributed by atoms with Crippen molar-refractivity contribution in [3.05, 3.63) is 29.8 Å². The molecule has 3 nitrogen and oxygen atoms in total. The molecule has 0 amide bonds. The predicted molar refractivity (Wildman–Crippen MR) is 58.6 cm³/mol. The van der Waals surface area contributed by atoms with Crippen LogP contribution in [0.5, 0.6) is 0 Å². The van der Waals surface area contributed by atoms with Crippen LogP contribution in [0.25, 0.3) is 0 Å². The summed E-state index contributed by atoms with van der Waals surface area (Å²) in [5.41, 5.74) is 4.95. The summed E-state index contributed by atoms with van der Waals surface area (Å²) in [5, 5.41) is 3.79. The molecular formula is C11H14N2O. The first-order valence-electron chi connectivity index (χ1n) is 4.61. The van der Waals surface area contributed by atoms with E-state index in [1.54, 1.807) is 0 Å². The van der Waals surface area contributed by atoms with Gasteiger partial charge in [-0.1, -0.05) is 19.1 Å². The van der Waals surface area contributed by atoms with Crippen molar-refractivity contribution >= 4 is 17.7 Å². The molecule has 0 saturated heterocycles. The fraction of sp³-hybridized carbons (Fsp3) is 0.273. The largest absolute Gasteiger partial charge is 0.293 e. The van der Waals surface area contributed by atoms with Crippen molar-refractivity contribution in [2.75, 3.05) is 5.43 Å². The second-order valence-electron chi connectivity index (χ2n) is 3.03. The molecule has 3 heteroatoms. The molecule has 0 bridgehead atoms. The minimum absolute atomic E-state index is 0.0656. The first-order chi connectivity index (χ1) is 6.72. The highest BCUT2D eigenvalue weighted by Gasteiger charge is 1.91. The molecule has 0 aliphatic heterocycles. The van der Waals surface area contributed by atoms with Crippen molar-refractivity contribution in [2.24, 2.45) is 5.10 Å². The van der Waals surface area contributed by atoms with Crippen molar-refractivity contribution < 1.29 is 4.79 Å². The first kappa shape index (κ1) is 10.4. The van der Waals surface area contributed by atoms with Gasteiger partial charge >= 0.3 is 0 Å². The van der Waals surface area contributed by atoms with Crippen LogP contribution in [0.1, 0.15) is 19.4 Å². The molecule has 14 heavy (non-hydrogen) atoms. The number of hydrogen-bond acceptors (Lipinski definition) is 3. The molecule has 1 rings (SSSR count). The molecule has 0 unspecified atom stereocenters. The highest BCUT2D eigenvalue weighted by molar-refractivity contribution is 6.26. The smallest absolute Gasteiger partial charge is 0.172 e. The number of aryl methyl sites for hydroxylation is 1. The lowest BCUT2D eigenvalue weighted by molar-refractivity contribution is -0.110. The summed E-state index contributed by atoms with van der Waals surface area (Å²) in [7, 11) is 0. The molecular weight excluding hydrogens is 176 g/mol. The minimum atomic E-state index is -0.0656. The highest BCUT2D eigenvalue weighted by atomic mass is 16.1. The molecule has 0 aliphatic carbocycles. The third kappa shape index (κ3) is 3.39. The molecule has 1 N–H and O–H groups in total. The summed E-state index contributed by atoms with van der Waals surface area (Å²) in [5.74, 6) is -0.0656. The quantitative estimate of drug-likeness (QED) is 0.584. The summed E-state index contributed by atoms with van der Waals surface area (Å²) < 4.78 is 0. The number of ketones is 1. The Morgan fingerprint density at radius 3 is 3.00 bits per heavy atom. The minimum Gasteiger partial charge on any atom is -0.293 e. The van der Waals surface area contributed by atoms with Crippen LogP contribution in [0.2, 0.25) is 0 Å². The number of carbonyl (C=O) groups excluding carboxylic acids is 1. The fourth-order valence-electron chi connectivity index (χ4n) is 1.06. The van der Waals surface area contributed by atoms with Crippen LogP contribution in [0.3, 0.4) is 0 Å². The number of anilines is 1. The summed E-state index contributed by atoms with van der Waals surface area (Å²) in [6.07, 6.45) is 2.25. The van der Waals surface area contributed by atoms with Crippen LogP contribution in [0, 0.1) is 0 Å². The summed E-state index contributed by atoms with van der Waals surface area (Å²) in [6.45, 7) is 3.56. The van der Waals surface area contributed by atoms with Gasteiger partial charge in [-0.25, -0.2) is 0 Å². The van der Waals surface area contributed by atoms with Crippen LogP contribution in [-0.2, 0) is 11.2 Å². The van der Waals surface area contributed by atoms with E-state index in [1.807, 2.05) is 18.2 Å². The van der Waals surface area contributed by atoms with Crippen molar-refractivity contribution in [1.29, 1.82) is 0 Å². The molecule has 0 heterocycles. The van der Waals surface area contributed by atoms with E-state index in [4.69, 9.17) is 0 Å². The Labute approximate surface area is 83.8 Å². The number of hydrazone groups is 1. The van der Waals surface area contributed by atoms with Crippen LogP contribution < -0.4 is 5.43 Å². The zero-order valence-corrected chi connectivity index (χ0v) is 8.45. The molecule has 74 valence electrons. The maximum atomic E-state index is 10.6. The molecule has 0 aromatic heterocycles. The van der Waals surface area contributed by atoms with Gasteiger partial charge in [0.15, 0.2) is 5.78 Å². The lowest BCUT2D eigenvalue weighted by Crippen LogP contribution is -1.95. The van der Waals surface area contributed by atoms with Crippen molar-refractivity contribution in [1.82, 2.24) is 0 Å². The first-order valence-corrected chi connectivity index (χ1v) is 4.61. The van der Waals surface area contributed by atoms with Gasteiger partial charge in [0.2, 0.25) is 0 Å². The van der Waals surface area contributed by atoms with Gasteiger partial charge in [0, 0.05) is 6.92 Å². The van der Waals surface area contributed by atoms with E-state index in [0.29, 0.717) is 0 Å². The molecule has 1 aromatic carbocycles. The summed E-state index contributed by atoms with van der Waals surface area (Å²) in [6, 6.07) is 7.94. The topological polar surface area (TPSA) is 41.5 Å². The van der Waals surface area contributed by atoms with E-state index in [2.05, 4.69) is 23.5 Å². The van der Waals surface area contributed by atoms with Crippen LogP contribution in [0.15, 0.2) is 29.4 Å². The van der Waals surface area contributed by atoms with Gasteiger partial charge in [-0.3, -0.25) is 10.2 Å². The monoisotopic (exact) mass is 190 g/mol. The summed E-state index contributed by atoms with van der Waals surface area (Å²) in [4.78, 5) is 10.6. The molecule has 0 radical (unpaired) electrons. The Morgan fingerprint density at radius 1 is 1.57 bits per heavy atom. The van der Waals surface area contributed by atoms with Gasteiger partial charge in [0.05, 0.1) is 11.9 Å². The van der Waals surface area contributed by atoms with E-state index < -0.39 is 0 Å². The maximum Gasteiger partial charge on any atom is 0.172 e. The van der Waals surface area contributed by atoms with Gasteiger partial charge in [-0.05, 0) is 24.1 Å². The van der Waals surface area contributed by atoms with Crippen molar-refractivity contribution in [3.8, 4) is 0 Å². The van der Waals surface area contributed by atoms with Gasteiger partial charge in [-0.2, -0.15) is 5.10 Å². The number of carbonyl (C=O) groups is 1. The zero-order valence-electron chi connectivity index (χ0n) is 8.45. The standard InChI is InChI=1S/C11H14N2O/c1-3-10-5-4-6-11(7-10)13-12-8-9(2)14/h4-8,13H,3H2,1-2H3/b12-8+. The van der Waals surface area contributed by atoms with Crippen LogP contribution >= 0.6 is 0 Å². The SMILES string of the molecule is CCc1cccc(N/N=C/C(C)=O)c1. The van der Waals surface area contributed by atoms with Crippen molar-refractivity contribution in [2.45, 2.75) is 20.3 Å². The Hall–Kier alpha value is -1.64. The summed E-state index contributed by atoms with van der Waals surface area (Å²) >= 11 is 0. The molecule has 0 fully saturated rings. The lowest BCUT2D eigenvalue weighted by atomic mass is 10.1. The molecule has 0 saturated carbocycles.